The van der Waals surface area contributed by atoms with Gasteiger partial charge in [0.15, 0.2) is 0 Å². The van der Waals surface area contributed by atoms with Crippen LogP contribution in [0.15, 0.2) is 0 Å². The Balaban J connectivity index is 2.83. The van der Waals surface area contributed by atoms with E-state index in [1.54, 1.807) is 0 Å². The quantitative estimate of drug-likeness (QED) is 0.414. The van der Waals surface area contributed by atoms with Gasteiger partial charge in [-0.15, -0.1) is 0 Å². The van der Waals surface area contributed by atoms with Gasteiger partial charge in [0.2, 0.25) is 0 Å². The van der Waals surface area contributed by atoms with Crippen LogP contribution in [0.3, 0.4) is 0 Å². The van der Waals surface area contributed by atoms with Gasteiger partial charge < -0.3 is 16.6 Å². The zero-order valence-electron chi connectivity index (χ0n) is 4.30. The Morgan fingerprint density at radius 3 is 2.29 bits per heavy atom. The first kappa shape index (κ1) is 6.88. The molecule has 3 nitrogen and oxygen atoms in total. The molecule has 0 amide bonds. The Morgan fingerprint density at radius 1 is 1.57 bits per heavy atom. The SMILES string of the molecule is NCC[C@H](N)CO. The molecule has 0 aromatic heterocycles. The molecule has 0 aliphatic heterocycles. The molecule has 0 saturated carbocycles. The molecule has 7 heavy (non-hydrogen) atoms. The molecule has 0 saturated heterocycles. The molecule has 0 rings (SSSR count). The molecule has 0 fully saturated rings. The van der Waals surface area contributed by atoms with Crippen molar-refractivity contribution in [2.45, 2.75) is 12.5 Å². The molecule has 0 aromatic carbocycles. The Kier molecular flexibility index (Phi) is 3.98. The van der Waals surface area contributed by atoms with Crippen LogP contribution in [-0.2, 0) is 0 Å². The molecule has 5 N–H and O–H groups in total. The van der Waals surface area contributed by atoms with E-state index in [-0.39, 0.29) is 12.6 Å². The van der Waals surface area contributed by atoms with E-state index >= 15 is 0 Å². The van der Waals surface area contributed by atoms with Gasteiger partial charge in [-0.25, -0.2) is 0 Å². The number of hydrogen-bond acceptors (Lipinski definition) is 3. The highest BCUT2D eigenvalue weighted by atomic mass is 16.3. The van der Waals surface area contributed by atoms with Gasteiger partial charge in [0, 0.05) is 6.04 Å². The Bertz CT molecular complexity index is 40.7. The molecule has 1 atom stereocenters. The van der Waals surface area contributed by atoms with Gasteiger partial charge in [-0.1, -0.05) is 0 Å². The number of aliphatic hydroxyl groups excluding tert-OH is 1. The van der Waals surface area contributed by atoms with E-state index in [9.17, 15) is 0 Å². The van der Waals surface area contributed by atoms with Crippen LogP contribution >= 0.6 is 0 Å². The normalized spacial score (nSPS) is 14.1. The first-order valence-corrected chi connectivity index (χ1v) is 2.37. The molecular weight excluding hydrogens is 92.1 g/mol. The maximum atomic E-state index is 8.29. The minimum atomic E-state index is -0.120. The predicted octanol–water partition coefficient (Wildman–Crippen LogP) is -1.35. The summed E-state index contributed by atoms with van der Waals surface area (Å²) in [5.74, 6) is 0. The monoisotopic (exact) mass is 104 g/mol. The summed E-state index contributed by atoms with van der Waals surface area (Å²) in [5, 5.41) is 8.29. The standard InChI is InChI=1S/C4H12N2O/c5-2-1-4(6)3-7/h4,7H,1-3,5-6H2/t4-/m0/s1. The Morgan fingerprint density at radius 2 is 2.14 bits per heavy atom. The van der Waals surface area contributed by atoms with Crippen molar-refractivity contribution >= 4 is 0 Å². The van der Waals surface area contributed by atoms with Crippen LogP contribution in [0.5, 0.6) is 0 Å². The first-order chi connectivity index (χ1) is 3.31. The summed E-state index contributed by atoms with van der Waals surface area (Å²) in [4.78, 5) is 0. The molecule has 0 unspecified atom stereocenters. The summed E-state index contributed by atoms with van der Waals surface area (Å²) in [6, 6.07) is -0.120. The summed E-state index contributed by atoms with van der Waals surface area (Å²) in [6.45, 7) is 0.596. The fraction of sp³-hybridized carbons (Fsp3) is 1.00. The van der Waals surface area contributed by atoms with Crippen LogP contribution in [0.25, 0.3) is 0 Å². The van der Waals surface area contributed by atoms with E-state index in [2.05, 4.69) is 0 Å². The molecule has 0 radical (unpaired) electrons. The molecule has 3 heteroatoms. The number of nitrogens with two attached hydrogens (primary N) is 2. The van der Waals surface area contributed by atoms with E-state index in [4.69, 9.17) is 16.6 Å². The van der Waals surface area contributed by atoms with Crippen molar-refractivity contribution in [2.24, 2.45) is 11.5 Å². The second kappa shape index (κ2) is 4.05. The summed E-state index contributed by atoms with van der Waals surface area (Å²) in [7, 11) is 0. The van der Waals surface area contributed by atoms with Crippen molar-refractivity contribution in [3.63, 3.8) is 0 Å². The second-order valence-electron chi connectivity index (χ2n) is 1.52. The Labute approximate surface area is 43.3 Å². The van der Waals surface area contributed by atoms with Crippen molar-refractivity contribution < 1.29 is 5.11 Å². The molecule has 0 aliphatic rings. The fourth-order valence-corrected chi connectivity index (χ4v) is 0.305. The summed E-state index contributed by atoms with van der Waals surface area (Å²) in [5.41, 5.74) is 10.4. The van der Waals surface area contributed by atoms with Crippen LogP contribution in [0, 0.1) is 0 Å². The van der Waals surface area contributed by atoms with Crippen molar-refractivity contribution in [2.75, 3.05) is 13.2 Å². The van der Waals surface area contributed by atoms with Crippen molar-refractivity contribution in [1.29, 1.82) is 0 Å². The third kappa shape index (κ3) is 3.72. The van der Waals surface area contributed by atoms with Crippen molar-refractivity contribution in [3.8, 4) is 0 Å². The van der Waals surface area contributed by atoms with Crippen LogP contribution in [-0.4, -0.2) is 24.3 Å². The van der Waals surface area contributed by atoms with Gasteiger partial charge in [-0.2, -0.15) is 0 Å². The lowest BCUT2D eigenvalue weighted by Gasteiger charge is -2.02. The van der Waals surface area contributed by atoms with Crippen LogP contribution < -0.4 is 11.5 Å². The highest BCUT2D eigenvalue weighted by Crippen LogP contribution is 1.79. The summed E-state index contributed by atoms with van der Waals surface area (Å²) >= 11 is 0. The summed E-state index contributed by atoms with van der Waals surface area (Å²) in [6.07, 6.45) is 0.705. The molecule has 0 bridgehead atoms. The fourth-order valence-electron chi connectivity index (χ4n) is 0.305. The van der Waals surface area contributed by atoms with Crippen LogP contribution in [0.2, 0.25) is 0 Å². The third-order valence-corrected chi connectivity index (χ3v) is 0.772. The lowest BCUT2D eigenvalue weighted by atomic mass is 10.2. The third-order valence-electron chi connectivity index (χ3n) is 0.772. The Hall–Kier alpha value is -0.120. The topological polar surface area (TPSA) is 72.3 Å². The van der Waals surface area contributed by atoms with Crippen LogP contribution in [0.1, 0.15) is 6.42 Å². The molecule has 0 aliphatic carbocycles. The minimum Gasteiger partial charge on any atom is -0.395 e. The zero-order chi connectivity index (χ0) is 5.70. The molecule has 44 valence electrons. The maximum absolute atomic E-state index is 8.29. The van der Waals surface area contributed by atoms with Crippen molar-refractivity contribution in [3.05, 3.63) is 0 Å². The predicted molar refractivity (Wildman–Crippen MR) is 28.7 cm³/mol. The summed E-state index contributed by atoms with van der Waals surface area (Å²) < 4.78 is 0. The van der Waals surface area contributed by atoms with Gasteiger partial charge in [0.25, 0.3) is 0 Å². The lowest BCUT2D eigenvalue weighted by Crippen LogP contribution is -2.27. The van der Waals surface area contributed by atoms with E-state index in [0.717, 1.165) is 0 Å². The van der Waals surface area contributed by atoms with E-state index in [1.807, 2.05) is 0 Å². The molecule has 0 spiro atoms. The van der Waals surface area contributed by atoms with Crippen molar-refractivity contribution in [1.82, 2.24) is 0 Å². The van der Waals surface area contributed by atoms with Gasteiger partial charge in [-0.3, -0.25) is 0 Å². The maximum Gasteiger partial charge on any atom is 0.0583 e. The number of rotatable bonds is 3. The van der Waals surface area contributed by atoms with Gasteiger partial charge in [-0.05, 0) is 13.0 Å². The van der Waals surface area contributed by atoms with E-state index in [0.29, 0.717) is 13.0 Å². The average molecular weight is 104 g/mol. The van der Waals surface area contributed by atoms with E-state index in [1.165, 1.54) is 0 Å². The first-order valence-electron chi connectivity index (χ1n) is 2.37. The smallest absolute Gasteiger partial charge is 0.0583 e. The highest BCUT2D eigenvalue weighted by molar-refractivity contribution is 4.57. The average Bonchev–Trinajstić information content (AvgIpc) is 1.68. The minimum absolute atomic E-state index is 0.0389. The van der Waals surface area contributed by atoms with Gasteiger partial charge in [0.05, 0.1) is 6.61 Å². The molecule has 0 heterocycles. The zero-order valence-corrected chi connectivity index (χ0v) is 4.30. The van der Waals surface area contributed by atoms with Crippen LogP contribution in [0.4, 0.5) is 0 Å². The van der Waals surface area contributed by atoms with Gasteiger partial charge >= 0.3 is 0 Å². The second-order valence-corrected chi connectivity index (χ2v) is 1.52. The largest absolute Gasteiger partial charge is 0.395 e. The van der Waals surface area contributed by atoms with E-state index < -0.39 is 0 Å². The lowest BCUT2D eigenvalue weighted by molar-refractivity contribution is 0.261. The molecule has 0 aromatic rings. The highest BCUT2D eigenvalue weighted by Gasteiger charge is 1.94. The number of aliphatic hydroxyl groups is 1. The number of hydrogen-bond donors (Lipinski definition) is 3. The van der Waals surface area contributed by atoms with Gasteiger partial charge in [0.1, 0.15) is 0 Å². The molecular formula is C4H12N2O.